The summed E-state index contributed by atoms with van der Waals surface area (Å²) in [6.07, 6.45) is -2.41. The number of halogens is 3. The second kappa shape index (κ2) is 9.47. The zero-order valence-electron chi connectivity index (χ0n) is 15.3. The third-order valence-electron chi connectivity index (χ3n) is 4.48. The number of carbonyl (C=O) groups is 1. The molecule has 7 heteroatoms. The van der Waals surface area contributed by atoms with Crippen molar-refractivity contribution >= 4 is 23.4 Å². The van der Waals surface area contributed by atoms with E-state index in [0.717, 1.165) is 49.5 Å². The second-order valence-electron chi connectivity index (χ2n) is 6.75. The molecule has 2 aromatic rings. The van der Waals surface area contributed by atoms with Crippen LogP contribution in [0, 0.1) is 0 Å². The van der Waals surface area contributed by atoms with Crippen LogP contribution in [-0.2, 0) is 27.9 Å². The number of alkyl halides is 3. The first-order chi connectivity index (χ1) is 13.4. The Kier molecular flexibility index (Phi) is 7.02. The lowest BCUT2D eigenvalue weighted by Gasteiger charge is -2.21. The molecular formula is C21H22F3NO2S. The molecule has 28 heavy (non-hydrogen) atoms. The van der Waals surface area contributed by atoms with Crippen LogP contribution in [0.1, 0.15) is 29.5 Å². The van der Waals surface area contributed by atoms with Crippen LogP contribution in [0.25, 0.3) is 0 Å². The molecule has 0 spiro atoms. The highest BCUT2D eigenvalue weighted by atomic mass is 32.2. The Hall–Kier alpha value is -1.99. The first kappa shape index (κ1) is 20.7. The Morgan fingerprint density at radius 3 is 2.54 bits per heavy atom. The van der Waals surface area contributed by atoms with Gasteiger partial charge in [-0.15, -0.1) is 0 Å². The minimum absolute atomic E-state index is 0.106. The van der Waals surface area contributed by atoms with E-state index >= 15 is 0 Å². The van der Waals surface area contributed by atoms with Gasteiger partial charge in [-0.1, -0.05) is 30.3 Å². The van der Waals surface area contributed by atoms with Gasteiger partial charge in [-0.25, -0.2) is 0 Å². The predicted molar refractivity (Wildman–Crippen MR) is 105 cm³/mol. The SMILES string of the molecule is O=C(Cc1cccc(C(F)(F)F)c1)Nc1cccc(CSC2CCOCC2)c1. The van der Waals surface area contributed by atoms with Crippen molar-refractivity contribution in [2.75, 3.05) is 18.5 Å². The first-order valence-electron chi connectivity index (χ1n) is 9.14. The number of anilines is 1. The minimum atomic E-state index is -4.41. The summed E-state index contributed by atoms with van der Waals surface area (Å²) in [5.41, 5.74) is 1.35. The molecule has 0 bridgehead atoms. The van der Waals surface area contributed by atoms with Gasteiger partial charge < -0.3 is 10.1 Å². The van der Waals surface area contributed by atoms with E-state index in [-0.39, 0.29) is 12.3 Å². The highest BCUT2D eigenvalue weighted by molar-refractivity contribution is 7.99. The lowest BCUT2D eigenvalue weighted by atomic mass is 10.1. The van der Waals surface area contributed by atoms with Gasteiger partial charge >= 0.3 is 6.18 Å². The van der Waals surface area contributed by atoms with Crippen LogP contribution in [0.2, 0.25) is 0 Å². The Bertz CT molecular complexity index is 804. The van der Waals surface area contributed by atoms with E-state index < -0.39 is 11.7 Å². The molecular weight excluding hydrogens is 387 g/mol. The number of amides is 1. The topological polar surface area (TPSA) is 38.3 Å². The van der Waals surface area contributed by atoms with Gasteiger partial charge in [0.1, 0.15) is 0 Å². The molecule has 150 valence electrons. The molecule has 0 aliphatic carbocycles. The molecule has 0 unspecified atom stereocenters. The Morgan fingerprint density at radius 2 is 1.79 bits per heavy atom. The van der Waals surface area contributed by atoms with Crippen LogP contribution in [-0.4, -0.2) is 24.4 Å². The Balaban J connectivity index is 1.55. The fraction of sp³-hybridized carbons (Fsp3) is 0.381. The zero-order valence-corrected chi connectivity index (χ0v) is 16.1. The molecule has 3 rings (SSSR count). The summed E-state index contributed by atoms with van der Waals surface area (Å²) in [5.74, 6) is 0.510. The number of benzene rings is 2. The van der Waals surface area contributed by atoms with Crippen LogP contribution in [0.5, 0.6) is 0 Å². The molecule has 1 N–H and O–H groups in total. The summed E-state index contributed by atoms with van der Waals surface area (Å²) < 4.78 is 43.7. The zero-order chi connectivity index (χ0) is 20.0. The maximum absolute atomic E-state index is 12.8. The third-order valence-corrected chi connectivity index (χ3v) is 5.93. The molecule has 3 nitrogen and oxygen atoms in total. The van der Waals surface area contributed by atoms with Crippen LogP contribution in [0.4, 0.5) is 18.9 Å². The normalized spacial score (nSPS) is 15.4. The van der Waals surface area contributed by atoms with Crippen LogP contribution in [0.3, 0.4) is 0 Å². The summed E-state index contributed by atoms with van der Waals surface area (Å²) in [7, 11) is 0. The van der Waals surface area contributed by atoms with E-state index in [2.05, 4.69) is 5.32 Å². The third kappa shape index (κ3) is 6.27. The predicted octanol–water partition coefficient (Wildman–Crippen LogP) is 5.30. The average Bonchev–Trinajstić information content (AvgIpc) is 2.67. The maximum atomic E-state index is 12.8. The van der Waals surface area contributed by atoms with E-state index in [4.69, 9.17) is 4.74 Å². The molecule has 0 radical (unpaired) electrons. The van der Waals surface area contributed by atoms with Crippen molar-refractivity contribution in [3.63, 3.8) is 0 Å². The minimum Gasteiger partial charge on any atom is -0.381 e. The summed E-state index contributed by atoms with van der Waals surface area (Å²) in [5, 5.41) is 3.37. The average molecular weight is 409 g/mol. The van der Waals surface area contributed by atoms with Gasteiger partial charge in [-0.05, 0) is 42.2 Å². The van der Waals surface area contributed by atoms with Crippen molar-refractivity contribution in [2.45, 2.75) is 36.4 Å². The molecule has 1 heterocycles. The largest absolute Gasteiger partial charge is 0.416 e. The fourth-order valence-corrected chi connectivity index (χ4v) is 4.18. The molecule has 0 aromatic heterocycles. The van der Waals surface area contributed by atoms with Gasteiger partial charge in [0.15, 0.2) is 0 Å². The van der Waals surface area contributed by atoms with Gasteiger partial charge in [0.25, 0.3) is 0 Å². The molecule has 1 saturated heterocycles. The lowest BCUT2D eigenvalue weighted by molar-refractivity contribution is -0.137. The summed E-state index contributed by atoms with van der Waals surface area (Å²) in [6, 6.07) is 12.4. The van der Waals surface area contributed by atoms with Gasteiger partial charge in [-0.3, -0.25) is 4.79 Å². The molecule has 2 aromatic carbocycles. The van der Waals surface area contributed by atoms with E-state index in [9.17, 15) is 18.0 Å². The number of hydrogen-bond donors (Lipinski definition) is 1. The van der Waals surface area contributed by atoms with Gasteiger partial charge in [0, 0.05) is 29.9 Å². The van der Waals surface area contributed by atoms with E-state index in [1.54, 1.807) is 6.07 Å². The molecule has 1 aliphatic rings. The molecule has 0 atom stereocenters. The quantitative estimate of drug-likeness (QED) is 0.704. The number of ether oxygens (including phenoxy) is 1. The number of nitrogens with one attached hydrogen (secondary N) is 1. The fourth-order valence-electron chi connectivity index (χ4n) is 3.04. The number of thioether (sulfide) groups is 1. The highest BCUT2D eigenvalue weighted by Gasteiger charge is 2.30. The van der Waals surface area contributed by atoms with Crippen molar-refractivity contribution in [3.05, 3.63) is 65.2 Å². The van der Waals surface area contributed by atoms with Crippen molar-refractivity contribution in [1.29, 1.82) is 0 Å². The second-order valence-corrected chi connectivity index (χ2v) is 8.03. The van der Waals surface area contributed by atoms with Gasteiger partial charge in [0.2, 0.25) is 5.91 Å². The smallest absolute Gasteiger partial charge is 0.381 e. The van der Waals surface area contributed by atoms with Gasteiger partial charge in [-0.2, -0.15) is 24.9 Å². The highest BCUT2D eigenvalue weighted by Crippen LogP contribution is 2.30. The number of hydrogen-bond acceptors (Lipinski definition) is 3. The maximum Gasteiger partial charge on any atom is 0.416 e. The van der Waals surface area contributed by atoms with Gasteiger partial charge in [0.05, 0.1) is 12.0 Å². The summed E-state index contributed by atoms with van der Waals surface area (Å²) in [6.45, 7) is 1.62. The standard InChI is InChI=1S/C21H22F3NO2S/c22-21(23,24)17-5-1-3-15(11-17)13-20(26)25-18-6-2-4-16(12-18)14-28-19-7-9-27-10-8-19/h1-6,11-12,19H,7-10,13-14H2,(H,25,26). The Labute approximate surface area is 166 Å². The lowest BCUT2D eigenvalue weighted by Crippen LogP contribution is -2.17. The first-order valence-corrected chi connectivity index (χ1v) is 10.2. The van der Waals surface area contributed by atoms with Crippen LogP contribution < -0.4 is 5.32 Å². The van der Waals surface area contributed by atoms with Crippen molar-refractivity contribution in [2.24, 2.45) is 0 Å². The Morgan fingerprint density at radius 1 is 1.07 bits per heavy atom. The van der Waals surface area contributed by atoms with E-state index in [1.807, 2.05) is 30.0 Å². The van der Waals surface area contributed by atoms with Crippen LogP contribution >= 0.6 is 11.8 Å². The molecule has 1 aliphatic heterocycles. The number of rotatable bonds is 6. The molecule has 0 saturated carbocycles. The van der Waals surface area contributed by atoms with E-state index in [0.29, 0.717) is 16.5 Å². The summed E-state index contributed by atoms with van der Waals surface area (Å²) >= 11 is 1.89. The summed E-state index contributed by atoms with van der Waals surface area (Å²) in [4.78, 5) is 12.2. The van der Waals surface area contributed by atoms with Crippen LogP contribution in [0.15, 0.2) is 48.5 Å². The monoisotopic (exact) mass is 409 g/mol. The van der Waals surface area contributed by atoms with Crippen molar-refractivity contribution in [3.8, 4) is 0 Å². The molecule has 1 fully saturated rings. The number of carbonyl (C=O) groups excluding carboxylic acids is 1. The van der Waals surface area contributed by atoms with Crippen molar-refractivity contribution < 1.29 is 22.7 Å². The van der Waals surface area contributed by atoms with Crippen molar-refractivity contribution in [1.82, 2.24) is 0 Å². The molecule has 1 amide bonds. The van der Waals surface area contributed by atoms with E-state index in [1.165, 1.54) is 12.1 Å².